The Kier molecular flexibility index (Phi) is 6.05. The van der Waals surface area contributed by atoms with Gasteiger partial charge in [-0.05, 0) is 20.3 Å². The van der Waals surface area contributed by atoms with Crippen molar-refractivity contribution in [2.24, 2.45) is 0 Å². The van der Waals surface area contributed by atoms with Gasteiger partial charge in [0.1, 0.15) is 0 Å². The first kappa shape index (κ1) is 17.0. The molecule has 20 heavy (non-hydrogen) atoms. The number of hydrogen-bond donors (Lipinski definition) is 1. The van der Waals surface area contributed by atoms with E-state index in [0.717, 1.165) is 12.8 Å². The molecule has 0 bridgehead atoms. The summed E-state index contributed by atoms with van der Waals surface area (Å²) in [6, 6.07) is 0.198. The lowest BCUT2D eigenvalue weighted by atomic mass is 9.97. The molecule has 0 radical (unpaired) electrons. The zero-order valence-electron chi connectivity index (χ0n) is 13.2. The third kappa shape index (κ3) is 5.15. The predicted octanol–water partition coefficient (Wildman–Crippen LogP) is 3.15. The highest BCUT2D eigenvalue weighted by Crippen LogP contribution is 2.27. The van der Waals surface area contributed by atoms with Crippen LogP contribution in [0.15, 0.2) is 9.64 Å². The van der Waals surface area contributed by atoms with Gasteiger partial charge >= 0.3 is 0 Å². The van der Waals surface area contributed by atoms with Gasteiger partial charge in [0.2, 0.25) is 11.8 Å². The van der Waals surface area contributed by atoms with Crippen LogP contribution in [0, 0.1) is 0 Å². The molecule has 0 aliphatic rings. The fourth-order valence-corrected chi connectivity index (χ4v) is 2.32. The molecule has 0 aromatic carbocycles. The monoisotopic (exact) mass is 299 g/mol. The fraction of sp³-hybridized carbons (Fsp3) is 0.786. The number of carbonyl (C=O) groups excluding carboxylic acids is 1. The minimum Gasteiger partial charge on any atom is -0.415 e. The topological polar surface area (TPSA) is 68.0 Å². The number of nitrogens with zero attached hydrogens (tertiary/aromatic N) is 2. The van der Waals surface area contributed by atoms with Gasteiger partial charge < -0.3 is 9.73 Å². The Morgan fingerprint density at radius 3 is 2.50 bits per heavy atom. The van der Waals surface area contributed by atoms with Crippen LogP contribution >= 0.6 is 11.8 Å². The summed E-state index contributed by atoms with van der Waals surface area (Å²) in [4.78, 5) is 12.0. The molecule has 0 aliphatic heterocycles. The molecule has 2 atom stereocenters. The van der Waals surface area contributed by atoms with Crippen molar-refractivity contribution in [1.82, 2.24) is 15.5 Å². The fourth-order valence-electron chi connectivity index (χ4n) is 1.63. The van der Waals surface area contributed by atoms with E-state index in [9.17, 15) is 4.79 Å². The van der Waals surface area contributed by atoms with Crippen LogP contribution < -0.4 is 5.32 Å². The minimum absolute atomic E-state index is 0.00598. The predicted molar refractivity (Wildman–Crippen MR) is 80.8 cm³/mol. The molecule has 2 unspecified atom stereocenters. The highest BCUT2D eigenvalue weighted by atomic mass is 32.2. The van der Waals surface area contributed by atoms with Crippen molar-refractivity contribution in [3.05, 3.63) is 5.89 Å². The molecule has 1 amide bonds. The first-order valence-electron chi connectivity index (χ1n) is 7.05. The van der Waals surface area contributed by atoms with E-state index in [1.165, 1.54) is 11.8 Å². The standard InChI is InChI=1S/C14H25N3O2S/c1-7-8-9(2)15-11(18)10(3)20-13-17-16-12(19-13)14(4,5)6/h9-10H,7-8H2,1-6H3,(H,15,18). The van der Waals surface area contributed by atoms with E-state index < -0.39 is 0 Å². The Labute approximate surface area is 125 Å². The molecule has 1 N–H and O–H groups in total. The summed E-state index contributed by atoms with van der Waals surface area (Å²) in [6.07, 6.45) is 2.04. The van der Waals surface area contributed by atoms with E-state index in [2.05, 4.69) is 22.4 Å². The van der Waals surface area contributed by atoms with E-state index in [4.69, 9.17) is 4.42 Å². The minimum atomic E-state index is -0.248. The van der Waals surface area contributed by atoms with Gasteiger partial charge in [-0.3, -0.25) is 4.79 Å². The number of thioether (sulfide) groups is 1. The van der Waals surface area contributed by atoms with Crippen molar-refractivity contribution in [2.75, 3.05) is 0 Å². The summed E-state index contributed by atoms with van der Waals surface area (Å²) < 4.78 is 5.58. The SMILES string of the molecule is CCCC(C)NC(=O)C(C)Sc1nnc(C(C)(C)C)o1. The van der Waals surface area contributed by atoms with Crippen molar-refractivity contribution in [1.29, 1.82) is 0 Å². The van der Waals surface area contributed by atoms with Crippen LogP contribution in [0.4, 0.5) is 0 Å². The highest BCUT2D eigenvalue weighted by molar-refractivity contribution is 8.00. The van der Waals surface area contributed by atoms with Gasteiger partial charge in [-0.2, -0.15) is 0 Å². The summed E-state index contributed by atoms with van der Waals surface area (Å²) in [5, 5.41) is 11.2. The molecule has 0 saturated carbocycles. The van der Waals surface area contributed by atoms with Gasteiger partial charge in [-0.15, -0.1) is 10.2 Å². The van der Waals surface area contributed by atoms with E-state index >= 15 is 0 Å². The second-order valence-electron chi connectivity index (χ2n) is 6.08. The molecule has 1 aromatic rings. The number of carbonyl (C=O) groups is 1. The Bertz CT molecular complexity index is 440. The molecule has 5 nitrogen and oxygen atoms in total. The second kappa shape index (κ2) is 7.11. The third-order valence-corrected chi connectivity index (χ3v) is 3.74. The molecule has 1 heterocycles. The Morgan fingerprint density at radius 1 is 1.35 bits per heavy atom. The van der Waals surface area contributed by atoms with Crippen LogP contribution in [0.5, 0.6) is 0 Å². The van der Waals surface area contributed by atoms with Crippen LogP contribution in [-0.4, -0.2) is 27.4 Å². The van der Waals surface area contributed by atoms with Crippen molar-refractivity contribution < 1.29 is 9.21 Å². The van der Waals surface area contributed by atoms with Crippen molar-refractivity contribution >= 4 is 17.7 Å². The van der Waals surface area contributed by atoms with Gasteiger partial charge in [0.05, 0.1) is 5.25 Å². The van der Waals surface area contributed by atoms with Crippen LogP contribution in [-0.2, 0) is 10.2 Å². The van der Waals surface area contributed by atoms with Gasteiger partial charge in [-0.1, -0.05) is 45.9 Å². The maximum atomic E-state index is 12.0. The molecule has 0 spiro atoms. The van der Waals surface area contributed by atoms with Crippen molar-refractivity contribution in [2.45, 2.75) is 76.3 Å². The van der Waals surface area contributed by atoms with Crippen LogP contribution in [0.1, 0.15) is 60.3 Å². The summed E-state index contributed by atoms with van der Waals surface area (Å²) >= 11 is 1.30. The summed E-state index contributed by atoms with van der Waals surface area (Å²) in [5.74, 6) is 0.596. The van der Waals surface area contributed by atoms with Gasteiger partial charge in [-0.25, -0.2) is 0 Å². The number of hydrogen-bond acceptors (Lipinski definition) is 5. The van der Waals surface area contributed by atoms with Crippen molar-refractivity contribution in [3.8, 4) is 0 Å². The van der Waals surface area contributed by atoms with E-state index in [0.29, 0.717) is 11.1 Å². The summed E-state index contributed by atoms with van der Waals surface area (Å²) in [5.41, 5.74) is -0.174. The molecule has 0 saturated heterocycles. The Morgan fingerprint density at radius 2 is 2.00 bits per heavy atom. The maximum Gasteiger partial charge on any atom is 0.277 e. The average molecular weight is 299 g/mol. The lowest BCUT2D eigenvalue weighted by Gasteiger charge is -2.15. The lowest BCUT2D eigenvalue weighted by Crippen LogP contribution is -2.37. The second-order valence-corrected chi connectivity index (χ2v) is 7.37. The van der Waals surface area contributed by atoms with E-state index in [-0.39, 0.29) is 22.6 Å². The molecule has 6 heteroatoms. The molecule has 0 fully saturated rings. The molecule has 1 aromatic heterocycles. The highest BCUT2D eigenvalue weighted by Gasteiger charge is 2.24. The number of aromatic nitrogens is 2. The first-order valence-corrected chi connectivity index (χ1v) is 7.93. The largest absolute Gasteiger partial charge is 0.415 e. The zero-order valence-corrected chi connectivity index (χ0v) is 14.0. The number of rotatable bonds is 6. The molecular formula is C14H25N3O2S. The molecule has 114 valence electrons. The number of amides is 1. The molecule has 0 aliphatic carbocycles. The summed E-state index contributed by atoms with van der Waals surface area (Å²) in [6.45, 7) is 12.0. The third-order valence-electron chi connectivity index (χ3n) is 2.81. The van der Waals surface area contributed by atoms with E-state index in [1.807, 2.05) is 34.6 Å². The van der Waals surface area contributed by atoms with Crippen LogP contribution in [0.25, 0.3) is 0 Å². The first-order chi connectivity index (χ1) is 9.24. The van der Waals surface area contributed by atoms with Crippen LogP contribution in [0.2, 0.25) is 0 Å². The maximum absolute atomic E-state index is 12.0. The van der Waals surface area contributed by atoms with Crippen LogP contribution in [0.3, 0.4) is 0 Å². The Balaban J connectivity index is 2.55. The van der Waals surface area contributed by atoms with E-state index in [1.54, 1.807) is 0 Å². The Hall–Kier alpha value is -1.04. The summed E-state index contributed by atoms with van der Waals surface area (Å²) in [7, 11) is 0. The van der Waals surface area contributed by atoms with Gasteiger partial charge in [0.15, 0.2) is 0 Å². The molecule has 1 rings (SSSR count). The van der Waals surface area contributed by atoms with Gasteiger partial charge in [0, 0.05) is 11.5 Å². The quantitative estimate of drug-likeness (QED) is 0.817. The lowest BCUT2D eigenvalue weighted by molar-refractivity contribution is -0.120. The van der Waals surface area contributed by atoms with Crippen molar-refractivity contribution in [3.63, 3.8) is 0 Å². The number of nitrogens with one attached hydrogen (secondary N) is 1. The molecular weight excluding hydrogens is 274 g/mol. The average Bonchev–Trinajstić information content (AvgIpc) is 2.77. The zero-order chi connectivity index (χ0) is 15.3. The van der Waals surface area contributed by atoms with Gasteiger partial charge in [0.25, 0.3) is 5.22 Å². The smallest absolute Gasteiger partial charge is 0.277 e. The normalized spacial score (nSPS) is 14.9.